The lowest BCUT2D eigenvalue weighted by Gasteiger charge is -2.10. The summed E-state index contributed by atoms with van der Waals surface area (Å²) in [5, 5.41) is 0. The van der Waals surface area contributed by atoms with E-state index in [2.05, 4.69) is 4.99 Å². The van der Waals surface area contributed by atoms with Gasteiger partial charge in [0.25, 0.3) is 0 Å². The number of aliphatic imine (C=N–C) groups is 1. The molecule has 5 heteroatoms. The van der Waals surface area contributed by atoms with Crippen molar-refractivity contribution in [1.29, 1.82) is 0 Å². The zero-order chi connectivity index (χ0) is 12.5. The van der Waals surface area contributed by atoms with Crippen molar-refractivity contribution >= 4 is 5.96 Å². The van der Waals surface area contributed by atoms with Crippen molar-refractivity contribution in [3.05, 3.63) is 35.9 Å². The first kappa shape index (κ1) is 13.5. The first-order valence-corrected chi connectivity index (χ1v) is 5.61. The van der Waals surface area contributed by atoms with Crippen molar-refractivity contribution in [2.45, 2.75) is 19.1 Å². The van der Waals surface area contributed by atoms with Crippen molar-refractivity contribution in [1.82, 2.24) is 0 Å². The Morgan fingerprint density at radius 3 is 2.59 bits per heavy atom. The van der Waals surface area contributed by atoms with Gasteiger partial charge in [0.05, 0.1) is 13.2 Å². The molecular formula is C12H20N4O. The molecular weight excluding hydrogens is 216 g/mol. The molecule has 0 spiro atoms. The molecule has 1 aromatic carbocycles. The van der Waals surface area contributed by atoms with Crippen LogP contribution in [0.15, 0.2) is 35.3 Å². The maximum atomic E-state index is 5.85. The summed E-state index contributed by atoms with van der Waals surface area (Å²) in [6.07, 6.45) is 0.715. The molecule has 5 nitrogen and oxygen atoms in total. The Hall–Kier alpha value is -1.59. The largest absolute Gasteiger partial charge is 0.375 e. The highest BCUT2D eigenvalue weighted by atomic mass is 16.5. The minimum Gasteiger partial charge on any atom is -0.375 e. The van der Waals surface area contributed by atoms with Gasteiger partial charge in [0.2, 0.25) is 0 Å². The highest BCUT2D eigenvalue weighted by molar-refractivity contribution is 5.75. The molecule has 0 saturated heterocycles. The fourth-order valence-corrected chi connectivity index (χ4v) is 1.35. The van der Waals surface area contributed by atoms with Crippen LogP contribution in [0, 0.1) is 0 Å². The van der Waals surface area contributed by atoms with E-state index in [1.54, 1.807) is 0 Å². The third-order valence-electron chi connectivity index (χ3n) is 2.24. The lowest BCUT2D eigenvalue weighted by atomic mass is 10.2. The number of benzene rings is 1. The van der Waals surface area contributed by atoms with Crippen molar-refractivity contribution < 1.29 is 4.74 Å². The summed E-state index contributed by atoms with van der Waals surface area (Å²) in [6.45, 7) is 1.63. The van der Waals surface area contributed by atoms with Crippen LogP contribution >= 0.6 is 0 Å². The van der Waals surface area contributed by atoms with Gasteiger partial charge in [0.1, 0.15) is 0 Å². The standard InChI is InChI=1S/C12H20N4O/c13-11(6-7-16-12(14)15)9-17-8-10-4-2-1-3-5-10/h1-5,11H,6-9,13H2,(H4,14,15,16). The van der Waals surface area contributed by atoms with Gasteiger partial charge in [-0.2, -0.15) is 0 Å². The molecule has 0 saturated carbocycles. The summed E-state index contributed by atoms with van der Waals surface area (Å²) in [5.41, 5.74) is 17.4. The number of guanidine groups is 1. The van der Waals surface area contributed by atoms with E-state index >= 15 is 0 Å². The molecule has 0 amide bonds. The van der Waals surface area contributed by atoms with Crippen LogP contribution in [0.5, 0.6) is 0 Å². The summed E-state index contributed by atoms with van der Waals surface area (Å²) < 4.78 is 5.50. The first-order chi connectivity index (χ1) is 8.18. The maximum Gasteiger partial charge on any atom is 0.185 e. The first-order valence-electron chi connectivity index (χ1n) is 5.61. The molecule has 0 aromatic heterocycles. The van der Waals surface area contributed by atoms with E-state index in [0.29, 0.717) is 26.2 Å². The Morgan fingerprint density at radius 2 is 1.94 bits per heavy atom. The van der Waals surface area contributed by atoms with Crippen molar-refractivity contribution in [3.63, 3.8) is 0 Å². The Bertz CT molecular complexity index is 336. The Labute approximate surface area is 102 Å². The molecule has 0 aliphatic heterocycles. The molecule has 0 radical (unpaired) electrons. The number of nitrogens with two attached hydrogens (primary N) is 3. The van der Waals surface area contributed by atoms with E-state index in [4.69, 9.17) is 21.9 Å². The maximum absolute atomic E-state index is 5.85. The highest BCUT2D eigenvalue weighted by Gasteiger charge is 2.02. The Balaban J connectivity index is 2.12. The molecule has 1 atom stereocenters. The van der Waals surface area contributed by atoms with E-state index in [9.17, 15) is 0 Å². The molecule has 0 aliphatic carbocycles. The van der Waals surface area contributed by atoms with Gasteiger partial charge in [-0.05, 0) is 12.0 Å². The number of hydrogen-bond donors (Lipinski definition) is 3. The fourth-order valence-electron chi connectivity index (χ4n) is 1.35. The monoisotopic (exact) mass is 236 g/mol. The van der Waals surface area contributed by atoms with Gasteiger partial charge >= 0.3 is 0 Å². The van der Waals surface area contributed by atoms with Crippen molar-refractivity contribution in [2.24, 2.45) is 22.2 Å². The lowest BCUT2D eigenvalue weighted by Crippen LogP contribution is -2.28. The number of ether oxygens (including phenoxy) is 1. The fraction of sp³-hybridized carbons (Fsp3) is 0.417. The van der Waals surface area contributed by atoms with Gasteiger partial charge in [-0.3, -0.25) is 4.99 Å². The summed E-state index contributed by atoms with van der Waals surface area (Å²) in [7, 11) is 0. The van der Waals surface area contributed by atoms with E-state index in [0.717, 1.165) is 5.56 Å². The second kappa shape index (κ2) is 7.65. The van der Waals surface area contributed by atoms with Crippen LogP contribution in [0.3, 0.4) is 0 Å². The minimum absolute atomic E-state index is 0.0400. The lowest BCUT2D eigenvalue weighted by molar-refractivity contribution is 0.106. The molecule has 0 fully saturated rings. The smallest absolute Gasteiger partial charge is 0.185 e. The predicted molar refractivity (Wildman–Crippen MR) is 69.4 cm³/mol. The van der Waals surface area contributed by atoms with Crippen molar-refractivity contribution in [2.75, 3.05) is 13.2 Å². The molecule has 0 bridgehead atoms. The van der Waals surface area contributed by atoms with Gasteiger partial charge in [0, 0.05) is 12.6 Å². The van der Waals surface area contributed by atoms with E-state index in [-0.39, 0.29) is 12.0 Å². The molecule has 1 unspecified atom stereocenters. The van der Waals surface area contributed by atoms with Crippen LogP contribution in [-0.4, -0.2) is 25.2 Å². The van der Waals surface area contributed by atoms with Crippen LogP contribution in [-0.2, 0) is 11.3 Å². The zero-order valence-corrected chi connectivity index (χ0v) is 9.88. The predicted octanol–water partition coefficient (Wildman–Crippen LogP) is 0.194. The molecule has 1 rings (SSSR count). The summed E-state index contributed by atoms with van der Waals surface area (Å²) >= 11 is 0. The van der Waals surface area contributed by atoms with Crippen molar-refractivity contribution in [3.8, 4) is 0 Å². The Morgan fingerprint density at radius 1 is 1.24 bits per heavy atom. The number of hydrogen-bond acceptors (Lipinski definition) is 3. The van der Waals surface area contributed by atoms with Gasteiger partial charge in [-0.1, -0.05) is 30.3 Å². The molecule has 0 heterocycles. The zero-order valence-electron chi connectivity index (χ0n) is 9.88. The number of rotatable bonds is 7. The average molecular weight is 236 g/mol. The van der Waals surface area contributed by atoms with Gasteiger partial charge in [0.15, 0.2) is 5.96 Å². The molecule has 6 N–H and O–H groups in total. The number of nitrogens with zero attached hydrogens (tertiary/aromatic N) is 1. The van der Waals surface area contributed by atoms with E-state index in [1.807, 2.05) is 30.3 Å². The molecule has 0 aliphatic rings. The molecule has 1 aromatic rings. The quantitative estimate of drug-likeness (QED) is 0.465. The topological polar surface area (TPSA) is 99.7 Å². The molecule has 94 valence electrons. The normalized spacial score (nSPS) is 12.1. The van der Waals surface area contributed by atoms with Crippen LogP contribution < -0.4 is 17.2 Å². The van der Waals surface area contributed by atoms with Crippen LogP contribution in [0.25, 0.3) is 0 Å². The van der Waals surface area contributed by atoms with Gasteiger partial charge in [-0.25, -0.2) is 0 Å². The highest BCUT2D eigenvalue weighted by Crippen LogP contribution is 2.01. The van der Waals surface area contributed by atoms with E-state index < -0.39 is 0 Å². The van der Waals surface area contributed by atoms with Crippen LogP contribution in [0.1, 0.15) is 12.0 Å². The van der Waals surface area contributed by atoms with Gasteiger partial charge in [-0.15, -0.1) is 0 Å². The second-order valence-electron chi connectivity index (χ2n) is 3.86. The summed E-state index contributed by atoms with van der Waals surface area (Å²) in [5.74, 6) is 0.0994. The average Bonchev–Trinajstić information content (AvgIpc) is 2.30. The summed E-state index contributed by atoms with van der Waals surface area (Å²) in [4.78, 5) is 3.87. The van der Waals surface area contributed by atoms with Crippen LogP contribution in [0.2, 0.25) is 0 Å². The minimum atomic E-state index is -0.0400. The Kier molecular flexibility index (Phi) is 6.06. The second-order valence-corrected chi connectivity index (χ2v) is 3.86. The third kappa shape index (κ3) is 6.55. The van der Waals surface area contributed by atoms with Crippen LogP contribution in [0.4, 0.5) is 0 Å². The molecule has 17 heavy (non-hydrogen) atoms. The SMILES string of the molecule is NC(N)=NCCC(N)COCc1ccccc1. The summed E-state index contributed by atoms with van der Waals surface area (Å²) in [6, 6.07) is 9.94. The van der Waals surface area contributed by atoms with E-state index in [1.165, 1.54) is 0 Å². The third-order valence-corrected chi connectivity index (χ3v) is 2.24. The van der Waals surface area contributed by atoms with Gasteiger partial charge < -0.3 is 21.9 Å².